The van der Waals surface area contributed by atoms with Gasteiger partial charge in [-0.1, -0.05) is 36.4 Å². The van der Waals surface area contributed by atoms with Crippen LogP contribution in [-0.4, -0.2) is 55.0 Å². The molecule has 0 saturated carbocycles. The first-order valence-corrected chi connectivity index (χ1v) is 10.8. The number of urea groups is 1. The summed E-state index contributed by atoms with van der Waals surface area (Å²) in [4.78, 5) is 38.7. The summed E-state index contributed by atoms with van der Waals surface area (Å²) in [5, 5.41) is 8.67. The molecule has 3 N–H and O–H groups in total. The van der Waals surface area contributed by atoms with Crippen LogP contribution in [0.4, 0.5) is 10.5 Å². The van der Waals surface area contributed by atoms with Crippen molar-refractivity contribution in [3.8, 4) is 5.75 Å². The van der Waals surface area contributed by atoms with Crippen LogP contribution in [0, 0.1) is 0 Å². The lowest BCUT2D eigenvalue weighted by atomic mass is 10.0. The van der Waals surface area contributed by atoms with Crippen molar-refractivity contribution in [2.24, 2.45) is 0 Å². The van der Waals surface area contributed by atoms with Crippen LogP contribution in [0.2, 0.25) is 0 Å². The van der Waals surface area contributed by atoms with Gasteiger partial charge in [-0.05, 0) is 30.5 Å². The SMILES string of the molecule is COc1cccc(NC(=O)N2CCC(NC(=O)[C@H](Cc3ccccc3)NC(C)=O)CC2)c1. The van der Waals surface area contributed by atoms with Gasteiger partial charge in [-0.25, -0.2) is 4.79 Å². The Morgan fingerprint density at radius 3 is 2.44 bits per heavy atom. The summed E-state index contributed by atoms with van der Waals surface area (Å²) in [5.41, 5.74) is 1.65. The molecule has 0 aromatic heterocycles. The molecule has 1 saturated heterocycles. The summed E-state index contributed by atoms with van der Waals surface area (Å²) < 4.78 is 5.18. The van der Waals surface area contributed by atoms with Crippen molar-refractivity contribution in [2.45, 2.75) is 38.3 Å². The molecule has 2 aromatic rings. The average Bonchev–Trinajstić information content (AvgIpc) is 2.79. The summed E-state index contributed by atoms with van der Waals surface area (Å²) in [6.07, 6.45) is 1.72. The molecule has 1 aliphatic heterocycles. The summed E-state index contributed by atoms with van der Waals surface area (Å²) in [6, 6.07) is 15.9. The second-order valence-corrected chi connectivity index (χ2v) is 7.87. The molecule has 32 heavy (non-hydrogen) atoms. The average molecular weight is 439 g/mol. The van der Waals surface area contributed by atoms with Crippen LogP contribution >= 0.6 is 0 Å². The zero-order valence-corrected chi connectivity index (χ0v) is 18.5. The van der Waals surface area contributed by atoms with Crippen molar-refractivity contribution in [3.63, 3.8) is 0 Å². The molecule has 0 bridgehead atoms. The Hall–Kier alpha value is -3.55. The number of methoxy groups -OCH3 is 1. The zero-order valence-electron chi connectivity index (χ0n) is 18.5. The molecule has 170 valence electrons. The Balaban J connectivity index is 1.50. The number of carbonyl (C=O) groups excluding carboxylic acids is 3. The molecule has 0 radical (unpaired) electrons. The number of hydrogen-bond donors (Lipinski definition) is 3. The fourth-order valence-electron chi connectivity index (χ4n) is 3.74. The Morgan fingerprint density at radius 1 is 1.06 bits per heavy atom. The van der Waals surface area contributed by atoms with Crippen LogP contribution in [0.5, 0.6) is 5.75 Å². The Labute approximate surface area is 188 Å². The number of amides is 4. The van der Waals surface area contributed by atoms with Gasteiger partial charge in [-0.3, -0.25) is 9.59 Å². The van der Waals surface area contributed by atoms with Crippen LogP contribution in [0.15, 0.2) is 54.6 Å². The largest absolute Gasteiger partial charge is 0.497 e. The van der Waals surface area contributed by atoms with E-state index in [4.69, 9.17) is 4.74 Å². The predicted molar refractivity (Wildman–Crippen MR) is 123 cm³/mol. The molecule has 1 aliphatic rings. The standard InChI is InChI=1S/C24H30N4O4/c1-17(29)25-22(15-18-7-4-3-5-8-18)23(30)26-19-11-13-28(14-12-19)24(31)27-20-9-6-10-21(16-20)32-2/h3-10,16,19,22H,11-15H2,1-2H3,(H,25,29)(H,26,30)(H,27,31)/t22-/m0/s1. The Kier molecular flexibility index (Phi) is 8.08. The van der Waals surface area contributed by atoms with E-state index >= 15 is 0 Å². The summed E-state index contributed by atoms with van der Waals surface area (Å²) in [5.74, 6) is 0.224. The highest BCUT2D eigenvalue weighted by atomic mass is 16.5. The molecule has 0 aliphatic carbocycles. The molecule has 0 spiro atoms. The second-order valence-electron chi connectivity index (χ2n) is 7.87. The summed E-state index contributed by atoms with van der Waals surface area (Å²) in [7, 11) is 1.58. The van der Waals surface area contributed by atoms with Crippen molar-refractivity contribution in [2.75, 3.05) is 25.5 Å². The maximum Gasteiger partial charge on any atom is 0.321 e. The highest BCUT2D eigenvalue weighted by Crippen LogP contribution is 2.18. The lowest BCUT2D eigenvalue weighted by molar-refractivity contribution is -0.128. The minimum Gasteiger partial charge on any atom is -0.497 e. The normalized spacial score (nSPS) is 14.9. The number of piperidine rings is 1. The van der Waals surface area contributed by atoms with E-state index in [0.29, 0.717) is 43.8 Å². The molecule has 8 nitrogen and oxygen atoms in total. The summed E-state index contributed by atoms with van der Waals surface area (Å²) >= 11 is 0. The summed E-state index contributed by atoms with van der Waals surface area (Å²) in [6.45, 7) is 2.47. The molecule has 2 aromatic carbocycles. The second kappa shape index (κ2) is 11.2. The zero-order chi connectivity index (χ0) is 22.9. The highest BCUT2D eigenvalue weighted by molar-refractivity contribution is 5.90. The third-order valence-corrected chi connectivity index (χ3v) is 5.43. The highest BCUT2D eigenvalue weighted by Gasteiger charge is 2.27. The number of likely N-dealkylation sites (tertiary alicyclic amines) is 1. The van der Waals surface area contributed by atoms with E-state index in [1.54, 1.807) is 18.1 Å². The van der Waals surface area contributed by atoms with Crippen LogP contribution in [0.3, 0.4) is 0 Å². The van der Waals surface area contributed by atoms with Crippen LogP contribution in [0.1, 0.15) is 25.3 Å². The number of benzene rings is 2. The van der Waals surface area contributed by atoms with Crippen molar-refractivity contribution in [1.29, 1.82) is 0 Å². The van der Waals surface area contributed by atoms with Crippen LogP contribution < -0.4 is 20.7 Å². The van der Waals surface area contributed by atoms with Gasteiger partial charge in [0.05, 0.1) is 7.11 Å². The maximum absolute atomic E-state index is 12.8. The van der Waals surface area contributed by atoms with E-state index in [1.807, 2.05) is 48.5 Å². The van der Waals surface area contributed by atoms with Gasteiger partial charge in [-0.2, -0.15) is 0 Å². The number of carbonyl (C=O) groups is 3. The monoisotopic (exact) mass is 438 g/mol. The molecular formula is C24H30N4O4. The lowest BCUT2D eigenvalue weighted by Crippen LogP contribution is -2.53. The van der Waals surface area contributed by atoms with E-state index in [2.05, 4.69) is 16.0 Å². The molecule has 8 heteroatoms. The quantitative estimate of drug-likeness (QED) is 0.619. The van der Waals surface area contributed by atoms with Gasteiger partial charge in [0, 0.05) is 44.2 Å². The smallest absolute Gasteiger partial charge is 0.321 e. The molecule has 1 atom stereocenters. The lowest BCUT2D eigenvalue weighted by Gasteiger charge is -2.33. The van der Waals surface area contributed by atoms with Crippen molar-refractivity contribution < 1.29 is 19.1 Å². The van der Waals surface area contributed by atoms with Gasteiger partial charge in [0.25, 0.3) is 0 Å². The fourth-order valence-corrected chi connectivity index (χ4v) is 3.74. The molecular weight excluding hydrogens is 408 g/mol. The van der Waals surface area contributed by atoms with E-state index in [-0.39, 0.29) is 23.9 Å². The van der Waals surface area contributed by atoms with Gasteiger partial charge in [0.15, 0.2) is 0 Å². The van der Waals surface area contributed by atoms with Crippen molar-refractivity contribution >= 4 is 23.5 Å². The van der Waals surface area contributed by atoms with Crippen LogP contribution in [0.25, 0.3) is 0 Å². The number of ether oxygens (including phenoxy) is 1. The van der Waals surface area contributed by atoms with Gasteiger partial charge in [-0.15, -0.1) is 0 Å². The topological polar surface area (TPSA) is 99.8 Å². The Bertz CT molecular complexity index is 927. The first-order chi connectivity index (χ1) is 15.4. The minimum atomic E-state index is -0.635. The van der Waals surface area contributed by atoms with E-state index < -0.39 is 6.04 Å². The van der Waals surface area contributed by atoms with Gasteiger partial charge in [0.1, 0.15) is 11.8 Å². The minimum absolute atomic E-state index is 0.0459. The number of nitrogens with one attached hydrogen (secondary N) is 3. The number of hydrogen-bond acceptors (Lipinski definition) is 4. The Morgan fingerprint density at radius 2 is 1.78 bits per heavy atom. The number of rotatable bonds is 7. The molecule has 3 rings (SSSR count). The van der Waals surface area contributed by atoms with Gasteiger partial charge >= 0.3 is 6.03 Å². The first-order valence-electron chi connectivity index (χ1n) is 10.8. The number of anilines is 1. The maximum atomic E-state index is 12.8. The van der Waals surface area contributed by atoms with Crippen molar-refractivity contribution in [1.82, 2.24) is 15.5 Å². The van der Waals surface area contributed by atoms with E-state index in [9.17, 15) is 14.4 Å². The molecule has 0 unspecified atom stereocenters. The van der Waals surface area contributed by atoms with E-state index in [1.165, 1.54) is 6.92 Å². The molecule has 1 fully saturated rings. The first kappa shape index (κ1) is 23.1. The molecule has 4 amide bonds. The van der Waals surface area contributed by atoms with E-state index in [0.717, 1.165) is 5.56 Å². The van der Waals surface area contributed by atoms with Gasteiger partial charge < -0.3 is 25.6 Å². The predicted octanol–water partition coefficient (Wildman–Crippen LogP) is 2.56. The van der Waals surface area contributed by atoms with Crippen LogP contribution in [-0.2, 0) is 16.0 Å². The third kappa shape index (κ3) is 6.73. The van der Waals surface area contributed by atoms with Crippen molar-refractivity contribution in [3.05, 3.63) is 60.2 Å². The van der Waals surface area contributed by atoms with Gasteiger partial charge in [0.2, 0.25) is 11.8 Å². The fraction of sp³-hybridized carbons (Fsp3) is 0.375. The number of nitrogens with zero attached hydrogens (tertiary/aromatic N) is 1. The third-order valence-electron chi connectivity index (χ3n) is 5.43. The molecule has 1 heterocycles.